The molecule has 0 atom stereocenters. The second-order valence-corrected chi connectivity index (χ2v) is 5.26. The summed E-state index contributed by atoms with van der Waals surface area (Å²) >= 11 is 6.04. The van der Waals surface area contributed by atoms with Crippen molar-refractivity contribution in [3.63, 3.8) is 0 Å². The van der Waals surface area contributed by atoms with Gasteiger partial charge in [0.05, 0.1) is 12.1 Å². The number of methoxy groups -OCH3 is 1. The summed E-state index contributed by atoms with van der Waals surface area (Å²) in [5, 5.41) is 3.30. The lowest BCUT2D eigenvalue weighted by atomic mass is 10.2. The molecular formula is C17H18ClNO3. The van der Waals surface area contributed by atoms with Gasteiger partial charge in [-0.05, 0) is 42.3 Å². The minimum Gasteiger partial charge on any atom is -0.495 e. The van der Waals surface area contributed by atoms with Crippen molar-refractivity contribution in [3.8, 4) is 11.5 Å². The van der Waals surface area contributed by atoms with Crippen molar-refractivity contribution in [2.45, 2.75) is 13.5 Å². The predicted octanol–water partition coefficient (Wildman–Crippen LogP) is 3.35. The summed E-state index contributed by atoms with van der Waals surface area (Å²) in [6.45, 7) is 2.34. The van der Waals surface area contributed by atoms with Crippen molar-refractivity contribution in [2.75, 3.05) is 13.7 Å². The minimum atomic E-state index is -0.187. The summed E-state index contributed by atoms with van der Waals surface area (Å²) in [7, 11) is 1.56. The van der Waals surface area contributed by atoms with Gasteiger partial charge in [0, 0.05) is 6.54 Å². The standard InChI is InChI=1S/C17H18ClNO3/c1-12-4-3-5-14(8-12)22-11-17(20)19-10-13-6-7-16(21-2)15(18)9-13/h3-9H,10-11H2,1-2H3,(H,19,20). The summed E-state index contributed by atoms with van der Waals surface area (Å²) in [5.74, 6) is 1.11. The fourth-order valence-electron chi connectivity index (χ4n) is 1.93. The molecule has 0 aliphatic carbocycles. The number of hydrogen-bond donors (Lipinski definition) is 1. The summed E-state index contributed by atoms with van der Waals surface area (Å²) in [5.41, 5.74) is 1.99. The van der Waals surface area contributed by atoms with Gasteiger partial charge in [-0.25, -0.2) is 0 Å². The SMILES string of the molecule is COc1ccc(CNC(=O)COc2cccc(C)c2)cc1Cl. The van der Waals surface area contributed by atoms with Crippen molar-refractivity contribution in [3.05, 3.63) is 58.6 Å². The molecule has 0 fully saturated rings. The fraction of sp³-hybridized carbons (Fsp3) is 0.235. The molecule has 2 aromatic rings. The van der Waals surface area contributed by atoms with Gasteiger partial charge < -0.3 is 14.8 Å². The Hall–Kier alpha value is -2.20. The molecule has 0 radical (unpaired) electrons. The van der Waals surface area contributed by atoms with E-state index in [1.807, 2.05) is 37.3 Å². The number of carbonyl (C=O) groups is 1. The molecule has 1 amide bonds. The molecule has 0 aliphatic rings. The average molecular weight is 320 g/mol. The lowest BCUT2D eigenvalue weighted by Gasteiger charge is -2.09. The molecule has 0 bridgehead atoms. The van der Waals surface area contributed by atoms with Crippen molar-refractivity contribution < 1.29 is 14.3 Å². The molecule has 0 heterocycles. The first-order valence-corrected chi connectivity index (χ1v) is 7.25. The number of aryl methyl sites for hydroxylation is 1. The summed E-state index contributed by atoms with van der Waals surface area (Å²) in [6.07, 6.45) is 0. The Labute approximate surface area is 135 Å². The van der Waals surface area contributed by atoms with E-state index in [0.717, 1.165) is 11.1 Å². The van der Waals surface area contributed by atoms with Crippen LogP contribution in [0.4, 0.5) is 0 Å². The highest BCUT2D eigenvalue weighted by atomic mass is 35.5. The van der Waals surface area contributed by atoms with Gasteiger partial charge in [0.1, 0.15) is 11.5 Å². The van der Waals surface area contributed by atoms with Gasteiger partial charge in [-0.3, -0.25) is 4.79 Å². The predicted molar refractivity (Wildman–Crippen MR) is 86.5 cm³/mol. The number of benzene rings is 2. The number of rotatable bonds is 6. The topological polar surface area (TPSA) is 47.6 Å². The highest BCUT2D eigenvalue weighted by Gasteiger charge is 2.05. The van der Waals surface area contributed by atoms with Gasteiger partial charge in [-0.2, -0.15) is 0 Å². The maximum absolute atomic E-state index is 11.8. The van der Waals surface area contributed by atoms with E-state index in [9.17, 15) is 4.79 Å². The number of carbonyl (C=O) groups excluding carboxylic acids is 1. The van der Waals surface area contributed by atoms with Crippen molar-refractivity contribution in [1.29, 1.82) is 0 Å². The van der Waals surface area contributed by atoms with Crippen LogP contribution in [0.1, 0.15) is 11.1 Å². The van der Waals surface area contributed by atoms with Crippen molar-refractivity contribution in [1.82, 2.24) is 5.32 Å². The average Bonchev–Trinajstić information content (AvgIpc) is 2.51. The second-order valence-electron chi connectivity index (χ2n) is 4.85. The summed E-state index contributed by atoms with van der Waals surface area (Å²) in [4.78, 5) is 11.8. The minimum absolute atomic E-state index is 0.0205. The smallest absolute Gasteiger partial charge is 0.258 e. The Kier molecular flexibility index (Phi) is 5.67. The van der Waals surface area contributed by atoms with E-state index in [-0.39, 0.29) is 12.5 Å². The van der Waals surface area contributed by atoms with Crippen LogP contribution in [0.2, 0.25) is 5.02 Å². The maximum atomic E-state index is 11.8. The zero-order valence-electron chi connectivity index (χ0n) is 12.6. The normalized spacial score (nSPS) is 10.1. The summed E-state index contributed by atoms with van der Waals surface area (Å²) in [6, 6.07) is 13.0. The molecular weight excluding hydrogens is 302 g/mol. The molecule has 0 unspecified atom stereocenters. The third kappa shape index (κ3) is 4.67. The molecule has 0 saturated carbocycles. The molecule has 0 aromatic heterocycles. The molecule has 0 spiro atoms. The first-order valence-electron chi connectivity index (χ1n) is 6.87. The Morgan fingerprint density at radius 1 is 1.23 bits per heavy atom. The van der Waals surface area contributed by atoms with E-state index in [4.69, 9.17) is 21.1 Å². The molecule has 1 N–H and O–H groups in total. The van der Waals surface area contributed by atoms with Crippen LogP contribution in [0.25, 0.3) is 0 Å². The second kappa shape index (κ2) is 7.71. The molecule has 22 heavy (non-hydrogen) atoms. The van der Waals surface area contributed by atoms with Crippen LogP contribution in [0.3, 0.4) is 0 Å². The number of nitrogens with one attached hydrogen (secondary N) is 1. The van der Waals surface area contributed by atoms with Crippen molar-refractivity contribution in [2.24, 2.45) is 0 Å². The highest BCUT2D eigenvalue weighted by Crippen LogP contribution is 2.24. The largest absolute Gasteiger partial charge is 0.495 e. The van der Waals surface area contributed by atoms with Gasteiger partial charge in [0.25, 0.3) is 5.91 Å². The first kappa shape index (κ1) is 16.2. The Morgan fingerprint density at radius 2 is 2.05 bits per heavy atom. The Morgan fingerprint density at radius 3 is 2.73 bits per heavy atom. The third-order valence-corrected chi connectivity index (χ3v) is 3.36. The molecule has 0 saturated heterocycles. The van der Waals surface area contributed by atoms with Gasteiger partial charge in [-0.15, -0.1) is 0 Å². The number of hydrogen-bond acceptors (Lipinski definition) is 3. The van der Waals surface area contributed by atoms with E-state index in [1.165, 1.54) is 0 Å². The monoisotopic (exact) mass is 319 g/mol. The zero-order valence-corrected chi connectivity index (χ0v) is 13.3. The van der Waals surface area contributed by atoms with Crippen LogP contribution in [-0.4, -0.2) is 19.6 Å². The van der Waals surface area contributed by atoms with E-state index in [2.05, 4.69) is 5.32 Å². The van der Waals surface area contributed by atoms with Crippen LogP contribution >= 0.6 is 11.6 Å². The van der Waals surface area contributed by atoms with Gasteiger partial charge in [-0.1, -0.05) is 29.8 Å². The molecule has 4 nitrogen and oxygen atoms in total. The lowest BCUT2D eigenvalue weighted by molar-refractivity contribution is -0.123. The number of halogens is 1. The van der Waals surface area contributed by atoms with Crippen LogP contribution in [0, 0.1) is 6.92 Å². The zero-order chi connectivity index (χ0) is 15.9. The quantitative estimate of drug-likeness (QED) is 0.888. The van der Waals surface area contributed by atoms with Crippen LogP contribution in [0.5, 0.6) is 11.5 Å². The Balaban J connectivity index is 1.81. The molecule has 116 valence electrons. The fourth-order valence-corrected chi connectivity index (χ4v) is 2.21. The van der Waals surface area contributed by atoms with Crippen LogP contribution in [-0.2, 0) is 11.3 Å². The van der Waals surface area contributed by atoms with E-state index >= 15 is 0 Å². The molecule has 2 aromatic carbocycles. The molecule has 0 aliphatic heterocycles. The van der Waals surface area contributed by atoms with Gasteiger partial charge in [0.15, 0.2) is 6.61 Å². The van der Waals surface area contributed by atoms with E-state index < -0.39 is 0 Å². The maximum Gasteiger partial charge on any atom is 0.258 e. The first-order chi connectivity index (χ1) is 10.6. The number of ether oxygens (including phenoxy) is 2. The molecule has 2 rings (SSSR count). The third-order valence-electron chi connectivity index (χ3n) is 3.07. The van der Waals surface area contributed by atoms with E-state index in [1.54, 1.807) is 19.2 Å². The Bertz CT molecular complexity index is 658. The summed E-state index contributed by atoms with van der Waals surface area (Å²) < 4.78 is 10.5. The van der Waals surface area contributed by atoms with Gasteiger partial charge >= 0.3 is 0 Å². The van der Waals surface area contributed by atoms with Crippen LogP contribution < -0.4 is 14.8 Å². The van der Waals surface area contributed by atoms with E-state index in [0.29, 0.717) is 23.1 Å². The van der Waals surface area contributed by atoms with Crippen molar-refractivity contribution >= 4 is 17.5 Å². The number of amides is 1. The molecule has 5 heteroatoms. The lowest BCUT2D eigenvalue weighted by Crippen LogP contribution is -2.28. The van der Waals surface area contributed by atoms with Crippen LogP contribution in [0.15, 0.2) is 42.5 Å². The highest BCUT2D eigenvalue weighted by molar-refractivity contribution is 6.32. The van der Waals surface area contributed by atoms with Gasteiger partial charge in [0.2, 0.25) is 0 Å².